The van der Waals surface area contributed by atoms with Crippen LogP contribution < -0.4 is 9.64 Å². The van der Waals surface area contributed by atoms with E-state index in [1.807, 2.05) is 18.3 Å². The molecule has 0 unspecified atom stereocenters. The fourth-order valence-electron chi connectivity index (χ4n) is 1.86. The van der Waals surface area contributed by atoms with Crippen molar-refractivity contribution in [3.63, 3.8) is 0 Å². The summed E-state index contributed by atoms with van der Waals surface area (Å²) >= 11 is 0. The summed E-state index contributed by atoms with van der Waals surface area (Å²) in [7, 11) is 0. The van der Waals surface area contributed by atoms with Crippen molar-refractivity contribution < 1.29 is 4.74 Å². The van der Waals surface area contributed by atoms with Crippen molar-refractivity contribution in [2.24, 2.45) is 0 Å². The molecule has 0 N–H and O–H groups in total. The Bertz CT molecular complexity index is 344. The largest absolute Gasteiger partial charge is 0.490 e. The van der Waals surface area contributed by atoms with Crippen LogP contribution in [0.3, 0.4) is 0 Å². The van der Waals surface area contributed by atoms with Crippen molar-refractivity contribution in [3.8, 4) is 5.75 Å². The van der Waals surface area contributed by atoms with Gasteiger partial charge in [-0.1, -0.05) is 0 Å². The molecule has 1 aromatic rings. The summed E-state index contributed by atoms with van der Waals surface area (Å²) in [5.41, 5.74) is 0.0941. The molecule has 0 saturated heterocycles. The molecule has 0 atom stereocenters. The van der Waals surface area contributed by atoms with E-state index in [0.29, 0.717) is 0 Å². The molecule has 0 bridgehead atoms. The van der Waals surface area contributed by atoms with Crippen LogP contribution in [0, 0.1) is 0 Å². The molecule has 1 aromatic heterocycles. The summed E-state index contributed by atoms with van der Waals surface area (Å²) < 4.78 is 5.67. The SMILES string of the molecule is CC(C)(C)N1CCCOc2cccnc21. The third-order valence-electron chi connectivity index (χ3n) is 2.60. The van der Waals surface area contributed by atoms with E-state index in [1.54, 1.807) is 0 Å². The maximum atomic E-state index is 5.67. The quantitative estimate of drug-likeness (QED) is 0.652. The van der Waals surface area contributed by atoms with Gasteiger partial charge >= 0.3 is 0 Å². The summed E-state index contributed by atoms with van der Waals surface area (Å²) in [6.07, 6.45) is 2.87. The van der Waals surface area contributed by atoms with Crippen LogP contribution in [0.5, 0.6) is 5.75 Å². The van der Waals surface area contributed by atoms with E-state index >= 15 is 0 Å². The molecule has 3 heteroatoms. The van der Waals surface area contributed by atoms with Gasteiger partial charge in [-0.2, -0.15) is 0 Å². The van der Waals surface area contributed by atoms with E-state index in [0.717, 1.165) is 31.1 Å². The van der Waals surface area contributed by atoms with E-state index in [4.69, 9.17) is 4.74 Å². The van der Waals surface area contributed by atoms with Crippen LogP contribution in [0.4, 0.5) is 5.82 Å². The first-order valence-electron chi connectivity index (χ1n) is 5.44. The number of pyridine rings is 1. The van der Waals surface area contributed by atoms with Crippen molar-refractivity contribution in [3.05, 3.63) is 18.3 Å². The summed E-state index contributed by atoms with van der Waals surface area (Å²) in [6.45, 7) is 8.41. The van der Waals surface area contributed by atoms with Gasteiger partial charge in [-0.3, -0.25) is 0 Å². The molecule has 0 aliphatic carbocycles. The Hall–Kier alpha value is -1.25. The van der Waals surface area contributed by atoms with Crippen LogP contribution in [0.2, 0.25) is 0 Å². The van der Waals surface area contributed by atoms with E-state index in [9.17, 15) is 0 Å². The van der Waals surface area contributed by atoms with Crippen LogP contribution in [0.15, 0.2) is 18.3 Å². The van der Waals surface area contributed by atoms with Crippen LogP contribution in [0.1, 0.15) is 27.2 Å². The Labute approximate surface area is 91.1 Å². The summed E-state index contributed by atoms with van der Waals surface area (Å²) in [6, 6.07) is 3.91. The molecule has 15 heavy (non-hydrogen) atoms. The molecule has 2 heterocycles. The Morgan fingerprint density at radius 3 is 2.93 bits per heavy atom. The zero-order valence-electron chi connectivity index (χ0n) is 9.66. The molecular formula is C12H18N2O. The van der Waals surface area contributed by atoms with E-state index in [1.165, 1.54) is 0 Å². The standard InChI is InChI=1S/C12H18N2O/c1-12(2,3)14-8-5-9-15-10-6-4-7-13-11(10)14/h4,6-7H,5,8-9H2,1-3H3. The maximum Gasteiger partial charge on any atom is 0.171 e. The highest BCUT2D eigenvalue weighted by atomic mass is 16.5. The first kappa shape index (κ1) is 10.3. The highest BCUT2D eigenvalue weighted by Crippen LogP contribution is 2.32. The topological polar surface area (TPSA) is 25.4 Å². The Balaban J connectivity index is 2.41. The van der Waals surface area contributed by atoms with Crippen molar-refractivity contribution >= 4 is 5.82 Å². The van der Waals surface area contributed by atoms with E-state index in [2.05, 4.69) is 30.7 Å². The summed E-state index contributed by atoms with van der Waals surface area (Å²) in [5.74, 6) is 1.88. The lowest BCUT2D eigenvalue weighted by Crippen LogP contribution is -2.42. The zero-order valence-corrected chi connectivity index (χ0v) is 9.66. The third-order valence-corrected chi connectivity index (χ3v) is 2.60. The average Bonchev–Trinajstić information content (AvgIpc) is 2.38. The van der Waals surface area contributed by atoms with Crippen molar-refractivity contribution in [2.45, 2.75) is 32.7 Å². The third kappa shape index (κ3) is 2.06. The fourth-order valence-corrected chi connectivity index (χ4v) is 1.86. The van der Waals surface area contributed by atoms with Crippen molar-refractivity contribution in [1.29, 1.82) is 0 Å². The lowest BCUT2D eigenvalue weighted by molar-refractivity contribution is 0.321. The molecule has 1 aliphatic rings. The Morgan fingerprint density at radius 1 is 1.40 bits per heavy atom. The molecule has 0 fully saturated rings. The van der Waals surface area contributed by atoms with Gasteiger partial charge in [0.05, 0.1) is 6.61 Å². The van der Waals surface area contributed by atoms with E-state index in [-0.39, 0.29) is 5.54 Å². The highest BCUT2D eigenvalue weighted by molar-refractivity contribution is 5.54. The molecule has 2 rings (SSSR count). The Kier molecular flexibility index (Phi) is 2.55. The van der Waals surface area contributed by atoms with Gasteiger partial charge in [-0.15, -0.1) is 0 Å². The number of ether oxygens (including phenoxy) is 1. The maximum absolute atomic E-state index is 5.67. The van der Waals surface area contributed by atoms with Gasteiger partial charge in [0, 0.05) is 18.3 Å². The van der Waals surface area contributed by atoms with Gasteiger partial charge in [0.15, 0.2) is 11.6 Å². The monoisotopic (exact) mass is 206 g/mol. The molecule has 3 nitrogen and oxygen atoms in total. The molecular weight excluding hydrogens is 188 g/mol. The van der Waals surface area contributed by atoms with Gasteiger partial charge in [0.25, 0.3) is 0 Å². The molecule has 82 valence electrons. The number of nitrogens with zero attached hydrogens (tertiary/aromatic N) is 2. The molecule has 0 aromatic carbocycles. The van der Waals surface area contributed by atoms with Crippen molar-refractivity contribution in [2.75, 3.05) is 18.1 Å². The first-order valence-corrected chi connectivity index (χ1v) is 5.44. The predicted molar refractivity (Wildman–Crippen MR) is 61.4 cm³/mol. The van der Waals surface area contributed by atoms with Crippen molar-refractivity contribution in [1.82, 2.24) is 4.98 Å². The zero-order chi connectivity index (χ0) is 10.9. The van der Waals surface area contributed by atoms with E-state index < -0.39 is 0 Å². The molecule has 0 amide bonds. The average molecular weight is 206 g/mol. The number of hydrogen-bond acceptors (Lipinski definition) is 3. The van der Waals surface area contributed by atoms with Gasteiger partial charge in [0.2, 0.25) is 0 Å². The lowest BCUT2D eigenvalue weighted by Gasteiger charge is -2.35. The minimum absolute atomic E-state index is 0.0941. The highest BCUT2D eigenvalue weighted by Gasteiger charge is 2.26. The van der Waals surface area contributed by atoms with Gasteiger partial charge in [-0.05, 0) is 39.3 Å². The molecule has 0 saturated carbocycles. The number of rotatable bonds is 0. The normalized spacial score (nSPS) is 16.6. The van der Waals surface area contributed by atoms with Gasteiger partial charge in [-0.25, -0.2) is 4.98 Å². The smallest absolute Gasteiger partial charge is 0.171 e. The summed E-state index contributed by atoms with van der Waals surface area (Å²) in [4.78, 5) is 6.74. The fraction of sp³-hybridized carbons (Fsp3) is 0.583. The van der Waals surface area contributed by atoms with Gasteiger partial charge < -0.3 is 9.64 Å². The van der Waals surface area contributed by atoms with Crippen LogP contribution >= 0.6 is 0 Å². The van der Waals surface area contributed by atoms with Crippen LogP contribution in [0.25, 0.3) is 0 Å². The van der Waals surface area contributed by atoms with Crippen LogP contribution in [-0.2, 0) is 0 Å². The summed E-state index contributed by atoms with van der Waals surface area (Å²) in [5, 5.41) is 0. The Morgan fingerprint density at radius 2 is 2.20 bits per heavy atom. The minimum Gasteiger partial charge on any atom is -0.490 e. The van der Waals surface area contributed by atoms with Gasteiger partial charge in [0.1, 0.15) is 0 Å². The number of hydrogen-bond donors (Lipinski definition) is 0. The van der Waals surface area contributed by atoms with Crippen LogP contribution in [-0.4, -0.2) is 23.7 Å². The second-order valence-electron chi connectivity index (χ2n) is 4.85. The molecule has 0 radical (unpaired) electrons. The second-order valence-corrected chi connectivity index (χ2v) is 4.85. The first-order chi connectivity index (χ1) is 7.09. The number of aromatic nitrogens is 1. The number of fused-ring (bicyclic) bond motifs is 1. The molecule has 0 spiro atoms. The minimum atomic E-state index is 0.0941. The lowest BCUT2D eigenvalue weighted by atomic mass is 10.1. The number of anilines is 1. The second kappa shape index (κ2) is 3.72. The predicted octanol–water partition coefficient (Wildman–Crippen LogP) is 2.47. The molecule has 1 aliphatic heterocycles.